The van der Waals surface area contributed by atoms with Gasteiger partial charge in [0, 0.05) is 35.7 Å². The van der Waals surface area contributed by atoms with Gasteiger partial charge in [-0.3, -0.25) is 4.79 Å². The molecule has 2 fully saturated rings. The number of rotatable bonds is 4. The minimum Gasteiger partial charge on any atom is -0.381 e. The molecule has 4 nitrogen and oxygen atoms in total. The van der Waals surface area contributed by atoms with Gasteiger partial charge in [0.1, 0.15) is 0 Å². The Morgan fingerprint density at radius 1 is 1.31 bits per heavy atom. The number of hydrogen-bond donors (Lipinski definition) is 2. The van der Waals surface area contributed by atoms with Crippen molar-refractivity contribution in [3.05, 3.63) is 34.9 Å². The third-order valence-electron chi connectivity index (χ3n) is 6.06. The molecule has 1 aliphatic heterocycles. The quantitative estimate of drug-likeness (QED) is 0.806. The summed E-state index contributed by atoms with van der Waals surface area (Å²) in [4.78, 5) is 12.8. The number of halogens is 2. The highest BCUT2D eigenvalue weighted by Gasteiger charge is 2.40. The first-order valence-corrected chi connectivity index (χ1v) is 9.71. The van der Waals surface area contributed by atoms with Crippen LogP contribution in [0.5, 0.6) is 0 Å². The Morgan fingerprint density at radius 3 is 2.69 bits per heavy atom. The Bertz CT molecular complexity index is 616. The van der Waals surface area contributed by atoms with Crippen LogP contribution in [0.2, 0.25) is 5.02 Å². The van der Waals surface area contributed by atoms with E-state index >= 15 is 0 Å². The maximum Gasteiger partial charge on any atom is 0.224 e. The van der Waals surface area contributed by atoms with Crippen molar-refractivity contribution in [2.24, 2.45) is 11.7 Å². The molecule has 0 radical (unpaired) electrons. The third kappa shape index (κ3) is 4.72. The lowest BCUT2D eigenvalue weighted by molar-refractivity contribution is -0.128. The van der Waals surface area contributed by atoms with E-state index in [1.807, 2.05) is 25.1 Å². The highest BCUT2D eigenvalue weighted by Crippen LogP contribution is 2.36. The molecule has 2 unspecified atom stereocenters. The molecular formula is C20H30Cl2N2O2. The highest BCUT2D eigenvalue weighted by atomic mass is 35.5. The van der Waals surface area contributed by atoms with E-state index < -0.39 is 5.54 Å². The van der Waals surface area contributed by atoms with E-state index in [1.165, 1.54) is 5.56 Å². The summed E-state index contributed by atoms with van der Waals surface area (Å²) in [6.45, 7) is 4.04. The van der Waals surface area contributed by atoms with Gasteiger partial charge in [-0.15, -0.1) is 12.4 Å². The summed E-state index contributed by atoms with van der Waals surface area (Å²) in [7, 11) is 0. The number of nitrogens with one attached hydrogen (secondary N) is 1. The van der Waals surface area contributed by atoms with E-state index in [-0.39, 0.29) is 29.6 Å². The Hall–Kier alpha value is -0.810. The topological polar surface area (TPSA) is 64.4 Å². The van der Waals surface area contributed by atoms with Gasteiger partial charge in [0.05, 0.1) is 5.92 Å². The Kier molecular flexibility index (Phi) is 7.37. The number of amides is 1. The van der Waals surface area contributed by atoms with Crippen LogP contribution in [0, 0.1) is 5.92 Å². The van der Waals surface area contributed by atoms with Crippen molar-refractivity contribution in [1.82, 2.24) is 5.32 Å². The zero-order chi connectivity index (χ0) is 17.9. The maximum absolute atomic E-state index is 12.8. The van der Waals surface area contributed by atoms with Crippen molar-refractivity contribution >= 4 is 29.9 Å². The second kappa shape index (κ2) is 8.92. The molecule has 3 rings (SSSR count). The summed E-state index contributed by atoms with van der Waals surface area (Å²) in [5, 5.41) is 3.95. The number of nitrogens with two attached hydrogens (primary N) is 1. The largest absolute Gasteiger partial charge is 0.381 e. The van der Waals surface area contributed by atoms with E-state index in [1.54, 1.807) is 0 Å². The predicted molar refractivity (Wildman–Crippen MR) is 108 cm³/mol. The first-order valence-electron chi connectivity index (χ1n) is 9.33. The maximum atomic E-state index is 12.8. The minimum atomic E-state index is -0.402. The van der Waals surface area contributed by atoms with Crippen molar-refractivity contribution in [2.75, 3.05) is 19.8 Å². The summed E-state index contributed by atoms with van der Waals surface area (Å²) in [6.07, 6.45) is 5.76. The van der Waals surface area contributed by atoms with Crippen LogP contribution >= 0.6 is 24.0 Å². The molecule has 0 spiro atoms. The fraction of sp³-hybridized carbons (Fsp3) is 0.650. The molecule has 1 saturated heterocycles. The first-order chi connectivity index (χ1) is 11.9. The van der Waals surface area contributed by atoms with E-state index in [9.17, 15) is 4.79 Å². The molecule has 1 saturated carbocycles. The molecule has 146 valence electrons. The van der Waals surface area contributed by atoms with E-state index in [0.717, 1.165) is 43.5 Å². The van der Waals surface area contributed by atoms with Gasteiger partial charge < -0.3 is 15.8 Å². The molecule has 1 aromatic carbocycles. The van der Waals surface area contributed by atoms with Gasteiger partial charge in [-0.25, -0.2) is 0 Å². The summed E-state index contributed by atoms with van der Waals surface area (Å²) < 4.78 is 5.57. The molecule has 2 aliphatic rings. The van der Waals surface area contributed by atoms with Gasteiger partial charge in [0.25, 0.3) is 0 Å². The second-order valence-corrected chi connectivity index (χ2v) is 8.36. The van der Waals surface area contributed by atoms with Gasteiger partial charge in [0.15, 0.2) is 0 Å². The van der Waals surface area contributed by atoms with Crippen molar-refractivity contribution < 1.29 is 9.53 Å². The normalized spacial score (nSPS) is 28.0. The Labute approximate surface area is 167 Å². The molecule has 1 aliphatic carbocycles. The van der Waals surface area contributed by atoms with Crippen molar-refractivity contribution in [3.8, 4) is 0 Å². The molecule has 1 aromatic rings. The van der Waals surface area contributed by atoms with Crippen LogP contribution in [0.25, 0.3) is 0 Å². The average molecular weight is 401 g/mol. The fourth-order valence-electron chi connectivity index (χ4n) is 4.32. The number of carbonyl (C=O) groups excluding carboxylic acids is 1. The van der Waals surface area contributed by atoms with E-state index in [4.69, 9.17) is 22.1 Å². The van der Waals surface area contributed by atoms with Crippen LogP contribution in [0.15, 0.2) is 24.3 Å². The lowest BCUT2D eigenvalue weighted by atomic mass is 9.72. The molecule has 1 amide bonds. The standard InChI is InChI=1S/C20H29ClN2O2.ClH/c1-19(22)8-3-2-7-17(19)18(24)23-14-20(9-11-25-12-10-20)15-5-4-6-16(21)13-15;/h4-6,13,17H,2-3,7-12,14,22H2,1H3,(H,23,24);1H. The number of benzene rings is 1. The molecule has 2 atom stereocenters. The molecule has 1 heterocycles. The van der Waals surface area contributed by atoms with Crippen molar-refractivity contribution in [3.63, 3.8) is 0 Å². The molecule has 0 bridgehead atoms. The van der Waals surface area contributed by atoms with Crippen LogP contribution in [0.4, 0.5) is 0 Å². The smallest absolute Gasteiger partial charge is 0.224 e. The molecule has 6 heteroatoms. The molecule has 0 aromatic heterocycles. The van der Waals surface area contributed by atoms with Gasteiger partial charge >= 0.3 is 0 Å². The van der Waals surface area contributed by atoms with Gasteiger partial charge in [-0.05, 0) is 50.3 Å². The molecular weight excluding hydrogens is 371 g/mol. The van der Waals surface area contributed by atoms with Crippen LogP contribution in [0.3, 0.4) is 0 Å². The van der Waals surface area contributed by atoms with Crippen LogP contribution in [-0.2, 0) is 14.9 Å². The number of carbonyl (C=O) groups is 1. The number of ether oxygens (including phenoxy) is 1. The SMILES string of the molecule is CC1(N)CCCCC1C(=O)NCC1(c2cccc(Cl)c2)CCOCC1.Cl. The fourth-order valence-corrected chi connectivity index (χ4v) is 4.51. The lowest BCUT2D eigenvalue weighted by Crippen LogP contribution is -2.54. The Morgan fingerprint density at radius 2 is 2.04 bits per heavy atom. The molecule has 26 heavy (non-hydrogen) atoms. The van der Waals surface area contributed by atoms with Crippen LogP contribution in [0.1, 0.15) is 51.0 Å². The zero-order valence-electron chi connectivity index (χ0n) is 15.4. The van der Waals surface area contributed by atoms with Gasteiger partial charge in [0.2, 0.25) is 5.91 Å². The van der Waals surface area contributed by atoms with E-state index in [0.29, 0.717) is 19.8 Å². The average Bonchev–Trinajstić information content (AvgIpc) is 2.60. The van der Waals surface area contributed by atoms with Crippen LogP contribution in [-0.4, -0.2) is 31.2 Å². The third-order valence-corrected chi connectivity index (χ3v) is 6.29. The first kappa shape index (κ1) is 21.5. The predicted octanol–water partition coefficient (Wildman–Crippen LogP) is 3.83. The lowest BCUT2D eigenvalue weighted by Gasteiger charge is -2.40. The van der Waals surface area contributed by atoms with Crippen molar-refractivity contribution in [2.45, 2.75) is 56.4 Å². The summed E-state index contributed by atoms with van der Waals surface area (Å²) in [5.41, 5.74) is 7.07. The van der Waals surface area contributed by atoms with Crippen LogP contribution < -0.4 is 11.1 Å². The Balaban J connectivity index is 0.00000243. The minimum absolute atomic E-state index is 0. The van der Waals surface area contributed by atoms with Crippen molar-refractivity contribution in [1.29, 1.82) is 0 Å². The summed E-state index contributed by atoms with van der Waals surface area (Å²) in [5.74, 6) is -0.00454. The molecule has 3 N–H and O–H groups in total. The summed E-state index contributed by atoms with van der Waals surface area (Å²) in [6, 6.07) is 8.00. The monoisotopic (exact) mass is 400 g/mol. The second-order valence-electron chi connectivity index (χ2n) is 7.93. The summed E-state index contributed by atoms with van der Waals surface area (Å²) >= 11 is 6.21. The van der Waals surface area contributed by atoms with Gasteiger partial charge in [-0.1, -0.05) is 36.6 Å². The van der Waals surface area contributed by atoms with E-state index in [2.05, 4.69) is 11.4 Å². The number of hydrogen-bond acceptors (Lipinski definition) is 3. The van der Waals surface area contributed by atoms with Gasteiger partial charge in [-0.2, -0.15) is 0 Å². The highest BCUT2D eigenvalue weighted by molar-refractivity contribution is 6.30. The zero-order valence-corrected chi connectivity index (χ0v) is 17.0.